The highest BCUT2D eigenvalue weighted by atomic mass is 19.1. The lowest BCUT2D eigenvalue weighted by Crippen LogP contribution is -2.36. The molecular weight excluding hydrogens is 313 g/mol. The van der Waals surface area contributed by atoms with E-state index in [0.717, 1.165) is 0 Å². The Kier molecular flexibility index (Phi) is 5.77. The summed E-state index contributed by atoms with van der Waals surface area (Å²) < 4.78 is 24.7. The molecule has 1 heterocycles. The molecule has 1 amide bonds. The van der Waals surface area contributed by atoms with Gasteiger partial charge in [-0.25, -0.2) is 14.6 Å². The third kappa shape index (κ3) is 5.19. The molecule has 1 N–H and O–H groups in total. The van der Waals surface area contributed by atoms with Gasteiger partial charge >= 0.3 is 6.09 Å². The van der Waals surface area contributed by atoms with Crippen LogP contribution in [0.3, 0.4) is 0 Å². The van der Waals surface area contributed by atoms with Gasteiger partial charge in [0.25, 0.3) is 0 Å². The number of anilines is 1. The van der Waals surface area contributed by atoms with E-state index in [4.69, 9.17) is 9.47 Å². The van der Waals surface area contributed by atoms with Crippen molar-refractivity contribution < 1.29 is 18.7 Å². The van der Waals surface area contributed by atoms with Crippen LogP contribution < -0.4 is 10.3 Å². The Labute approximate surface area is 141 Å². The molecule has 0 unspecified atom stereocenters. The molecule has 0 spiro atoms. The molecule has 1 aliphatic rings. The van der Waals surface area contributed by atoms with Crippen LogP contribution in [0.25, 0.3) is 0 Å². The Balaban J connectivity index is 2.04. The van der Waals surface area contributed by atoms with Crippen molar-refractivity contribution in [3.8, 4) is 0 Å². The van der Waals surface area contributed by atoms with Gasteiger partial charge in [0.2, 0.25) is 0 Å². The summed E-state index contributed by atoms with van der Waals surface area (Å²) in [5.41, 5.74) is 3.36. The van der Waals surface area contributed by atoms with Crippen LogP contribution in [0.15, 0.2) is 23.3 Å². The third-order valence-electron chi connectivity index (χ3n) is 3.43. The minimum absolute atomic E-state index is 0.318. The number of benzene rings is 1. The fourth-order valence-corrected chi connectivity index (χ4v) is 2.29. The zero-order valence-corrected chi connectivity index (χ0v) is 14.6. The number of nitrogens with one attached hydrogen (secondary N) is 1. The summed E-state index contributed by atoms with van der Waals surface area (Å²) in [5, 5.41) is 3.95. The van der Waals surface area contributed by atoms with Crippen LogP contribution in [-0.2, 0) is 9.47 Å². The zero-order chi connectivity index (χ0) is 17.7. The molecular formula is C17H24FN3O3. The Morgan fingerprint density at radius 2 is 2.00 bits per heavy atom. The number of halogens is 1. The summed E-state index contributed by atoms with van der Waals surface area (Å²) in [6.45, 7) is 9.53. The Morgan fingerprint density at radius 1 is 1.33 bits per heavy atom. The molecule has 1 saturated heterocycles. The summed E-state index contributed by atoms with van der Waals surface area (Å²) in [6, 6.07) is 4.92. The van der Waals surface area contributed by atoms with Crippen LogP contribution in [-0.4, -0.2) is 43.7 Å². The monoisotopic (exact) mass is 337 g/mol. The van der Waals surface area contributed by atoms with Gasteiger partial charge < -0.3 is 14.4 Å². The number of hydrogen-bond donors (Lipinski definition) is 1. The van der Waals surface area contributed by atoms with E-state index in [1.165, 1.54) is 6.07 Å². The summed E-state index contributed by atoms with van der Waals surface area (Å²) in [5.74, 6) is -0.318. The van der Waals surface area contributed by atoms with Gasteiger partial charge in [0.05, 0.1) is 24.6 Å². The summed E-state index contributed by atoms with van der Waals surface area (Å²) in [7, 11) is 0. The Hall–Kier alpha value is -2.15. The molecule has 1 aromatic rings. The van der Waals surface area contributed by atoms with E-state index >= 15 is 0 Å². The van der Waals surface area contributed by atoms with Crippen LogP contribution in [0.2, 0.25) is 0 Å². The molecule has 7 heteroatoms. The van der Waals surface area contributed by atoms with Crippen molar-refractivity contribution in [3.05, 3.63) is 29.6 Å². The quantitative estimate of drug-likeness (QED) is 0.680. The van der Waals surface area contributed by atoms with Crippen LogP contribution >= 0.6 is 0 Å². The molecule has 1 fully saturated rings. The first-order valence-electron chi connectivity index (χ1n) is 7.92. The Morgan fingerprint density at radius 3 is 2.58 bits per heavy atom. The lowest BCUT2D eigenvalue weighted by molar-refractivity contribution is 0.0529. The van der Waals surface area contributed by atoms with Crippen molar-refractivity contribution in [1.82, 2.24) is 5.43 Å². The van der Waals surface area contributed by atoms with E-state index in [-0.39, 0.29) is 5.82 Å². The lowest BCUT2D eigenvalue weighted by Gasteiger charge is -2.29. The van der Waals surface area contributed by atoms with E-state index < -0.39 is 11.7 Å². The minimum Gasteiger partial charge on any atom is -0.443 e. The number of hydrazone groups is 1. The van der Waals surface area contributed by atoms with Gasteiger partial charge in [0, 0.05) is 18.7 Å². The second-order valence-corrected chi connectivity index (χ2v) is 6.58. The molecule has 1 aromatic carbocycles. The minimum atomic E-state index is -0.646. The van der Waals surface area contributed by atoms with Gasteiger partial charge in [0.1, 0.15) is 11.4 Å². The SMILES string of the molecule is CC(=NNC(=O)OC(C)(C)C)c1ccc(N2CCOCC2)c(F)c1. The number of rotatable bonds is 3. The molecule has 24 heavy (non-hydrogen) atoms. The highest BCUT2D eigenvalue weighted by Crippen LogP contribution is 2.22. The molecule has 1 aliphatic heterocycles. The maximum atomic E-state index is 14.4. The molecule has 0 aromatic heterocycles. The molecule has 6 nitrogen and oxygen atoms in total. The largest absolute Gasteiger partial charge is 0.443 e. The summed E-state index contributed by atoms with van der Waals surface area (Å²) in [6.07, 6.45) is -0.646. The predicted molar refractivity (Wildman–Crippen MR) is 91.0 cm³/mol. The average Bonchev–Trinajstić information content (AvgIpc) is 2.51. The van der Waals surface area contributed by atoms with E-state index in [1.54, 1.807) is 39.8 Å². The van der Waals surface area contributed by atoms with Crippen LogP contribution in [0.5, 0.6) is 0 Å². The summed E-state index contributed by atoms with van der Waals surface area (Å²) >= 11 is 0. The first-order valence-corrected chi connectivity index (χ1v) is 7.92. The van der Waals surface area contributed by atoms with Crippen molar-refractivity contribution in [2.75, 3.05) is 31.2 Å². The second kappa shape index (κ2) is 7.61. The highest BCUT2D eigenvalue weighted by molar-refractivity contribution is 5.99. The third-order valence-corrected chi connectivity index (χ3v) is 3.43. The van der Waals surface area contributed by atoms with Crippen molar-refractivity contribution in [2.24, 2.45) is 5.10 Å². The van der Waals surface area contributed by atoms with Gasteiger partial charge in [-0.05, 0) is 39.8 Å². The normalized spacial score (nSPS) is 16.0. The first kappa shape index (κ1) is 18.2. The summed E-state index contributed by atoms with van der Waals surface area (Å²) in [4.78, 5) is 13.5. The van der Waals surface area contributed by atoms with Gasteiger partial charge in [-0.15, -0.1) is 0 Å². The van der Waals surface area contributed by atoms with Gasteiger partial charge in [-0.1, -0.05) is 6.07 Å². The maximum Gasteiger partial charge on any atom is 0.428 e. The van der Waals surface area contributed by atoms with Crippen molar-refractivity contribution in [1.29, 1.82) is 0 Å². The molecule has 0 aliphatic carbocycles. The van der Waals surface area contributed by atoms with E-state index in [0.29, 0.717) is 43.3 Å². The Bertz CT molecular complexity index is 620. The van der Waals surface area contributed by atoms with Crippen molar-refractivity contribution in [3.63, 3.8) is 0 Å². The lowest BCUT2D eigenvalue weighted by atomic mass is 10.1. The number of carbonyl (C=O) groups excluding carboxylic acids is 1. The van der Waals surface area contributed by atoms with Crippen LogP contribution in [0.1, 0.15) is 33.3 Å². The van der Waals surface area contributed by atoms with Gasteiger partial charge in [-0.2, -0.15) is 5.10 Å². The molecule has 0 bridgehead atoms. The fraction of sp³-hybridized carbons (Fsp3) is 0.529. The number of amides is 1. The smallest absolute Gasteiger partial charge is 0.428 e. The van der Waals surface area contributed by atoms with Gasteiger partial charge in [-0.3, -0.25) is 0 Å². The highest BCUT2D eigenvalue weighted by Gasteiger charge is 2.17. The number of nitrogens with zero attached hydrogens (tertiary/aromatic N) is 2. The molecule has 0 radical (unpaired) electrons. The van der Waals surface area contributed by atoms with Crippen molar-refractivity contribution in [2.45, 2.75) is 33.3 Å². The molecule has 2 rings (SSSR count). The number of ether oxygens (including phenoxy) is 2. The zero-order valence-electron chi connectivity index (χ0n) is 14.6. The van der Waals surface area contributed by atoms with E-state index in [1.807, 2.05) is 4.90 Å². The number of hydrogen-bond acceptors (Lipinski definition) is 5. The van der Waals surface area contributed by atoms with E-state index in [9.17, 15) is 9.18 Å². The standard InChI is InChI=1S/C17H24FN3O3/c1-12(19-20-16(22)24-17(2,3)4)13-5-6-15(14(18)11-13)21-7-9-23-10-8-21/h5-6,11H,7-10H2,1-4H3,(H,20,22). The maximum absolute atomic E-state index is 14.4. The van der Waals surface area contributed by atoms with Crippen LogP contribution in [0.4, 0.5) is 14.9 Å². The number of carbonyl (C=O) groups is 1. The topological polar surface area (TPSA) is 63.2 Å². The molecule has 0 saturated carbocycles. The van der Waals surface area contributed by atoms with E-state index in [2.05, 4.69) is 10.5 Å². The second-order valence-electron chi connectivity index (χ2n) is 6.58. The van der Waals surface area contributed by atoms with Crippen LogP contribution in [0, 0.1) is 5.82 Å². The average molecular weight is 337 g/mol. The number of morpholine rings is 1. The molecule has 0 atom stereocenters. The van der Waals surface area contributed by atoms with Crippen molar-refractivity contribution >= 4 is 17.5 Å². The van der Waals surface area contributed by atoms with Gasteiger partial charge in [0.15, 0.2) is 0 Å². The predicted octanol–water partition coefficient (Wildman–Crippen LogP) is 2.91. The fourth-order valence-electron chi connectivity index (χ4n) is 2.29. The first-order chi connectivity index (χ1) is 11.3. The molecule has 132 valence electrons.